The number of benzene rings is 3. The van der Waals surface area contributed by atoms with Crippen LogP contribution in [0.25, 0.3) is 0 Å². The molecule has 1 heterocycles. The number of carbonyl (C=O) groups excluding carboxylic acids is 1. The van der Waals surface area contributed by atoms with Gasteiger partial charge in [0.25, 0.3) is 5.91 Å². The lowest BCUT2D eigenvalue weighted by Gasteiger charge is -2.09. The van der Waals surface area contributed by atoms with E-state index < -0.39 is 11.6 Å². The molecule has 1 aromatic heterocycles. The van der Waals surface area contributed by atoms with Gasteiger partial charge < -0.3 is 10.1 Å². The Balaban J connectivity index is 1.41. The minimum atomic E-state index is -0.789. The molecule has 0 aliphatic rings. The summed E-state index contributed by atoms with van der Waals surface area (Å²) in [5.41, 5.74) is 2.05. The fraction of sp³-hybridized carbons (Fsp3) is 0.0833. The summed E-state index contributed by atoms with van der Waals surface area (Å²) < 4.78 is 34.5. The second-order valence-electron chi connectivity index (χ2n) is 7.17. The van der Waals surface area contributed by atoms with Crippen LogP contribution in [-0.4, -0.2) is 15.7 Å². The van der Waals surface area contributed by atoms with Crippen molar-refractivity contribution >= 4 is 39.3 Å². The second kappa shape index (κ2) is 10.1. The number of aromatic nitrogens is 2. The number of carbonyl (C=O) groups is 1. The molecule has 0 unspecified atom stereocenters. The van der Waals surface area contributed by atoms with E-state index in [0.717, 1.165) is 17.7 Å². The van der Waals surface area contributed by atoms with E-state index in [2.05, 4.69) is 26.3 Å². The molecule has 168 valence electrons. The van der Waals surface area contributed by atoms with Crippen LogP contribution in [0.15, 0.2) is 77.4 Å². The summed E-state index contributed by atoms with van der Waals surface area (Å²) in [5.74, 6) is -1.52. The molecule has 0 atom stereocenters. The van der Waals surface area contributed by atoms with Gasteiger partial charge in [-0.2, -0.15) is 5.10 Å². The zero-order chi connectivity index (χ0) is 23.4. The standard InChI is InChI=1S/C24H17BrClF2N3O2/c25-20-13-31(12-15-4-6-18(26)7-5-15)30-23(20)29-24(32)17-3-1-2-16(10-17)14-33-22-9-8-19(27)11-21(22)28/h1-11,13H,12,14H2,(H,29,30,32). The van der Waals surface area contributed by atoms with E-state index in [-0.39, 0.29) is 18.3 Å². The lowest BCUT2D eigenvalue weighted by molar-refractivity contribution is 0.102. The van der Waals surface area contributed by atoms with Gasteiger partial charge in [-0.3, -0.25) is 9.48 Å². The lowest BCUT2D eigenvalue weighted by atomic mass is 10.1. The monoisotopic (exact) mass is 531 g/mol. The average molecular weight is 533 g/mol. The highest BCUT2D eigenvalue weighted by Crippen LogP contribution is 2.23. The van der Waals surface area contributed by atoms with E-state index >= 15 is 0 Å². The van der Waals surface area contributed by atoms with E-state index in [4.69, 9.17) is 16.3 Å². The third-order valence-electron chi connectivity index (χ3n) is 4.68. The molecule has 1 N–H and O–H groups in total. The molecule has 0 radical (unpaired) electrons. The highest BCUT2D eigenvalue weighted by atomic mass is 79.9. The first-order valence-corrected chi connectivity index (χ1v) is 11.0. The van der Waals surface area contributed by atoms with Crippen molar-refractivity contribution in [2.24, 2.45) is 0 Å². The van der Waals surface area contributed by atoms with Gasteiger partial charge in [0, 0.05) is 22.8 Å². The Morgan fingerprint density at radius 3 is 2.61 bits per heavy atom. The molecule has 0 aliphatic carbocycles. The van der Waals surface area contributed by atoms with Gasteiger partial charge in [0.1, 0.15) is 12.4 Å². The van der Waals surface area contributed by atoms with Crippen LogP contribution in [0.1, 0.15) is 21.5 Å². The number of hydrogen-bond donors (Lipinski definition) is 1. The predicted octanol–water partition coefficient (Wildman–Crippen LogP) is 6.46. The van der Waals surface area contributed by atoms with Crippen LogP contribution < -0.4 is 10.1 Å². The molecule has 0 bridgehead atoms. The Morgan fingerprint density at radius 1 is 1.06 bits per heavy atom. The topological polar surface area (TPSA) is 56.2 Å². The molecule has 33 heavy (non-hydrogen) atoms. The van der Waals surface area contributed by atoms with Gasteiger partial charge in [0.15, 0.2) is 17.4 Å². The Labute approximate surface area is 202 Å². The summed E-state index contributed by atoms with van der Waals surface area (Å²) >= 11 is 9.34. The van der Waals surface area contributed by atoms with Gasteiger partial charge >= 0.3 is 0 Å². The summed E-state index contributed by atoms with van der Waals surface area (Å²) in [5, 5.41) is 7.85. The zero-order valence-corrected chi connectivity index (χ0v) is 19.4. The largest absolute Gasteiger partial charge is 0.486 e. The molecular weight excluding hydrogens is 516 g/mol. The molecule has 1 amide bonds. The first-order chi connectivity index (χ1) is 15.9. The number of amides is 1. The number of hydrogen-bond acceptors (Lipinski definition) is 3. The van der Waals surface area contributed by atoms with Crippen LogP contribution in [0.3, 0.4) is 0 Å². The third kappa shape index (κ3) is 5.97. The van der Waals surface area contributed by atoms with E-state index in [9.17, 15) is 13.6 Å². The molecule has 0 saturated carbocycles. The number of halogens is 4. The van der Waals surface area contributed by atoms with Gasteiger partial charge in [-0.05, 0) is 63.5 Å². The Morgan fingerprint density at radius 2 is 1.85 bits per heavy atom. The van der Waals surface area contributed by atoms with Gasteiger partial charge in [-0.1, -0.05) is 35.9 Å². The first kappa shape index (κ1) is 22.9. The second-order valence-corrected chi connectivity index (χ2v) is 8.46. The fourth-order valence-electron chi connectivity index (χ4n) is 3.08. The van der Waals surface area contributed by atoms with E-state index in [1.165, 1.54) is 6.07 Å². The summed E-state index contributed by atoms with van der Waals surface area (Å²) in [4.78, 5) is 12.8. The maximum Gasteiger partial charge on any atom is 0.256 e. The van der Waals surface area contributed by atoms with E-state index in [1.807, 2.05) is 12.1 Å². The smallest absolute Gasteiger partial charge is 0.256 e. The van der Waals surface area contributed by atoms with Crippen LogP contribution in [0.4, 0.5) is 14.6 Å². The molecule has 0 spiro atoms. The van der Waals surface area contributed by atoms with Crippen LogP contribution in [0.2, 0.25) is 5.02 Å². The maximum absolute atomic E-state index is 13.7. The maximum atomic E-state index is 13.7. The highest BCUT2D eigenvalue weighted by molar-refractivity contribution is 9.10. The summed E-state index contributed by atoms with van der Waals surface area (Å²) in [7, 11) is 0. The molecule has 4 aromatic rings. The van der Waals surface area contributed by atoms with E-state index in [0.29, 0.717) is 33.0 Å². The van der Waals surface area contributed by atoms with Gasteiger partial charge in [-0.25, -0.2) is 8.78 Å². The molecule has 0 aliphatic heterocycles. The Hall–Kier alpha value is -3.23. The Bertz CT molecular complexity index is 1300. The zero-order valence-electron chi connectivity index (χ0n) is 17.1. The van der Waals surface area contributed by atoms with Crippen LogP contribution in [-0.2, 0) is 13.2 Å². The van der Waals surface area contributed by atoms with Crippen molar-refractivity contribution in [3.8, 4) is 5.75 Å². The third-order valence-corrected chi connectivity index (χ3v) is 5.52. The highest BCUT2D eigenvalue weighted by Gasteiger charge is 2.13. The first-order valence-electron chi connectivity index (χ1n) is 9.83. The molecule has 5 nitrogen and oxygen atoms in total. The number of rotatable bonds is 7. The number of nitrogens with one attached hydrogen (secondary N) is 1. The minimum Gasteiger partial charge on any atom is -0.486 e. The predicted molar refractivity (Wildman–Crippen MR) is 126 cm³/mol. The van der Waals surface area contributed by atoms with Crippen molar-refractivity contribution in [1.29, 1.82) is 0 Å². The van der Waals surface area contributed by atoms with Crippen molar-refractivity contribution in [1.82, 2.24) is 9.78 Å². The summed E-state index contributed by atoms with van der Waals surface area (Å²) in [6, 6.07) is 17.2. The van der Waals surface area contributed by atoms with Crippen molar-refractivity contribution in [2.45, 2.75) is 13.2 Å². The molecule has 0 fully saturated rings. The van der Waals surface area contributed by atoms with Gasteiger partial charge in [0.2, 0.25) is 0 Å². The molecule has 9 heteroatoms. The number of nitrogens with zero attached hydrogens (tertiary/aromatic N) is 2. The lowest BCUT2D eigenvalue weighted by Crippen LogP contribution is -2.13. The van der Waals surface area contributed by atoms with Gasteiger partial charge in [0.05, 0.1) is 11.0 Å². The van der Waals surface area contributed by atoms with E-state index in [1.54, 1.807) is 47.3 Å². The van der Waals surface area contributed by atoms with Crippen LogP contribution >= 0.6 is 27.5 Å². The molecule has 4 rings (SSSR count). The van der Waals surface area contributed by atoms with Crippen molar-refractivity contribution in [3.63, 3.8) is 0 Å². The molecule has 0 saturated heterocycles. The minimum absolute atomic E-state index is 0.0170. The quantitative estimate of drug-likeness (QED) is 0.297. The molecule has 3 aromatic carbocycles. The average Bonchev–Trinajstić information content (AvgIpc) is 3.13. The number of ether oxygens (including phenoxy) is 1. The van der Waals surface area contributed by atoms with Gasteiger partial charge in [-0.15, -0.1) is 0 Å². The normalized spacial score (nSPS) is 10.8. The Kier molecular flexibility index (Phi) is 7.05. The molecular formula is C24H17BrClF2N3O2. The summed E-state index contributed by atoms with van der Waals surface area (Å²) in [6.45, 7) is 0.529. The van der Waals surface area contributed by atoms with Crippen LogP contribution in [0, 0.1) is 11.6 Å². The van der Waals surface area contributed by atoms with Crippen molar-refractivity contribution in [3.05, 3.63) is 111 Å². The SMILES string of the molecule is O=C(Nc1nn(Cc2ccc(Cl)cc2)cc1Br)c1cccc(COc2ccc(F)cc2F)c1. The van der Waals surface area contributed by atoms with Crippen LogP contribution in [0.5, 0.6) is 5.75 Å². The summed E-state index contributed by atoms with van der Waals surface area (Å²) in [6.07, 6.45) is 1.77. The number of anilines is 1. The fourth-order valence-corrected chi connectivity index (χ4v) is 3.62. The van der Waals surface area contributed by atoms with Crippen molar-refractivity contribution < 1.29 is 18.3 Å². The van der Waals surface area contributed by atoms with Crippen molar-refractivity contribution in [2.75, 3.05) is 5.32 Å².